The number of nitro groups is 1. The van der Waals surface area contributed by atoms with Crippen molar-refractivity contribution in [3.8, 4) is 0 Å². The molecule has 1 aliphatic heterocycles. The second kappa shape index (κ2) is 7.87. The Labute approximate surface area is 158 Å². The molecule has 0 aliphatic carbocycles. The summed E-state index contributed by atoms with van der Waals surface area (Å²) in [6, 6.07) is 4.28. The first kappa shape index (κ1) is 19.6. The Kier molecular flexibility index (Phi) is 5.52. The Morgan fingerprint density at radius 3 is 2.50 bits per heavy atom. The number of carbonyl (C=O) groups excluding carboxylic acids is 1. The van der Waals surface area contributed by atoms with Crippen LogP contribution < -0.4 is 4.90 Å². The van der Waals surface area contributed by atoms with E-state index in [1.54, 1.807) is 32.9 Å². The molecule has 0 radical (unpaired) electrons. The minimum absolute atomic E-state index is 0.0583. The van der Waals surface area contributed by atoms with Gasteiger partial charge in [0.15, 0.2) is 0 Å². The van der Waals surface area contributed by atoms with Crippen LogP contribution in [0.15, 0.2) is 36.7 Å². The molecule has 0 unspecified atom stereocenters. The van der Waals surface area contributed by atoms with Crippen LogP contribution in [0.4, 0.5) is 24.5 Å². The van der Waals surface area contributed by atoms with Gasteiger partial charge in [-0.2, -0.15) is 18.3 Å². The quantitative estimate of drug-likeness (QED) is 0.572. The van der Waals surface area contributed by atoms with Crippen molar-refractivity contribution < 1.29 is 22.9 Å². The third kappa shape index (κ3) is 4.41. The summed E-state index contributed by atoms with van der Waals surface area (Å²) in [5.74, 6) is -0.0583. The van der Waals surface area contributed by atoms with Crippen LogP contribution in [0.25, 0.3) is 0 Å². The van der Waals surface area contributed by atoms with Crippen LogP contribution in [0.5, 0.6) is 0 Å². The van der Waals surface area contributed by atoms with E-state index in [1.165, 1.54) is 0 Å². The number of hydrogen-bond donors (Lipinski definition) is 0. The lowest BCUT2D eigenvalue weighted by Gasteiger charge is -2.36. The van der Waals surface area contributed by atoms with E-state index in [-0.39, 0.29) is 18.0 Å². The van der Waals surface area contributed by atoms with Crippen LogP contribution in [-0.4, -0.2) is 51.7 Å². The molecule has 2 heterocycles. The number of benzene rings is 1. The Morgan fingerprint density at radius 1 is 1.21 bits per heavy atom. The number of rotatable bonds is 5. The average Bonchev–Trinajstić information content (AvgIpc) is 3.18. The van der Waals surface area contributed by atoms with E-state index < -0.39 is 22.4 Å². The number of hydrogen-bond acceptors (Lipinski definition) is 5. The van der Waals surface area contributed by atoms with Gasteiger partial charge in [0.05, 0.1) is 10.5 Å². The second-order valence-electron chi connectivity index (χ2n) is 6.35. The van der Waals surface area contributed by atoms with Crippen LogP contribution in [0.1, 0.15) is 12.0 Å². The Bertz CT molecular complexity index is 846. The lowest BCUT2D eigenvalue weighted by molar-refractivity contribution is -0.384. The van der Waals surface area contributed by atoms with E-state index in [9.17, 15) is 28.1 Å². The molecule has 1 fully saturated rings. The van der Waals surface area contributed by atoms with E-state index in [2.05, 4.69) is 5.10 Å². The molecule has 1 aromatic carbocycles. The van der Waals surface area contributed by atoms with E-state index >= 15 is 0 Å². The second-order valence-corrected chi connectivity index (χ2v) is 6.35. The SMILES string of the molecule is O=C(CCn1cccn1)N1CCN(c2ccc(C(F)(F)F)cc2[N+](=O)[O-])CC1. The molecule has 1 saturated heterocycles. The van der Waals surface area contributed by atoms with Gasteiger partial charge in [-0.05, 0) is 18.2 Å². The maximum absolute atomic E-state index is 12.8. The molecule has 8 nitrogen and oxygen atoms in total. The van der Waals surface area contributed by atoms with E-state index in [1.807, 2.05) is 0 Å². The first-order valence-electron chi connectivity index (χ1n) is 8.61. The Hall–Kier alpha value is -3.11. The fraction of sp³-hybridized carbons (Fsp3) is 0.412. The van der Waals surface area contributed by atoms with Crippen LogP contribution in [-0.2, 0) is 17.5 Å². The number of nitrogens with zero attached hydrogens (tertiary/aromatic N) is 5. The number of carbonyl (C=O) groups is 1. The molecule has 0 atom stereocenters. The first-order chi connectivity index (χ1) is 13.3. The van der Waals surface area contributed by atoms with Crippen LogP contribution in [0.2, 0.25) is 0 Å². The smallest absolute Gasteiger partial charge is 0.362 e. The highest BCUT2D eigenvalue weighted by Crippen LogP contribution is 2.36. The van der Waals surface area contributed by atoms with Crippen molar-refractivity contribution in [2.24, 2.45) is 0 Å². The summed E-state index contributed by atoms with van der Waals surface area (Å²) < 4.78 is 40.2. The zero-order valence-corrected chi connectivity index (χ0v) is 14.8. The molecule has 1 aliphatic rings. The number of amides is 1. The highest BCUT2D eigenvalue weighted by molar-refractivity contribution is 5.76. The summed E-state index contributed by atoms with van der Waals surface area (Å²) >= 11 is 0. The third-order valence-corrected chi connectivity index (χ3v) is 4.59. The number of aromatic nitrogens is 2. The van der Waals surface area contributed by atoms with Crippen molar-refractivity contribution in [3.05, 3.63) is 52.3 Å². The molecule has 1 amide bonds. The van der Waals surface area contributed by atoms with Crippen molar-refractivity contribution in [2.75, 3.05) is 31.1 Å². The van der Waals surface area contributed by atoms with Gasteiger partial charge in [-0.1, -0.05) is 0 Å². The van der Waals surface area contributed by atoms with E-state index in [4.69, 9.17) is 0 Å². The predicted octanol–water partition coefficient (Wildman–Crippen LogP) is 2.55. The molecule has 150 valence electrons. The fourth-order valence-corrected chi connectivity index (χ4v) is 3.11. The predicted molar refractivity (Wildman–Crippen MR) is 93.7 cm³/mol. The van der Waals surface area contributed by atoms with Gasteiger partial charge in [0.25, 0.3) is 5.69 Å². The minimum atomic E-state index is -4.65. The van der Waals surface area contributed by atoms with Gasteiger partial charge in [0.1, 0.15) is 5.69 Å². The first-order valence-corrected chi connectivity index (χ1v) is 8.61. The van der Waals surface area contributed by atoms with Crippen molar-refractivity contribution in [2.45, 2.75) is 19.1 Å². The van der Waals surface area contributed by atoms with Crippen molar-refractivity contribution in [3.63, 3.8) is 0 Å². The average molecular weight is 397 g/mol. The highest BCUT2D eigenvalue weighted by atomic mass is 19.4. The van der Waals surface area contributed by atoms with Gasteiger partial charge in [0.2, 0.25) is 5.91 Å². The molecule has 0 N–H and O–H groups in total. The maximum atomic E-state index is 12.8. The zero-order chi connectivity index (χ0) is 20.3. The third-order valence-electron chi connectivity index (χ3n) is 4.59. The molecular formula is C17H18F3N5O3. The number of aryl methyl sites for hydroxylation is 1. The van der Waals surface area contributed by atoms with Crippen LogP contribution in [0, 0.1) is 10.1 Å². The molecule has 1 aromatic heterocycles. The molecular weight excluding hydrogens is 379 g/mol. The molecule has 0 spiro atoms. The number of nitro benzene ring substituents is 1. The highest BCUT2D eigenvalue weighted by Gasteiger charge is 2.34. The summed E-state index contributed by atoms with van der Waals surface area (Å²) in [5.41, 5.74) is -1.52. The minimum Gasteiger partial charge on any atom is -0.362 e. The largest absolute Gasteiger partial charge is 0.416 e. The van der Waals surface area contributed by atoms with Gasteiger partial charge < -0.3 is 9.80 Å². The van der Waals surface area contributed by atoms with Crippen molar-refractivity contribution in [1.29, 1.82) is 0 Å². The molecule has 0 saturated carbocycles. The van der Waals surface area contributed by atoms with Gasteiger partial charge in [0, 0.05) is 57.6 Å². The monoisotopic (exact) mass is 397 g/mol. The molecule has 28 heavy (non-hydrogen) atoms. The van der Waals surface area contributed by atoms with Gasteiger partial charge in [-0.25, -0.2) is 0 Å². The lowest BCUT2D eigenvalue weighted by atomic mass is 10.1. The topological polar surface area (TPSA) is 84.5 Å². The zero-order valence-electron chi connectivity index (χ0n) is 14.8. The number of halogens is 3. The molecule has 3 rings (SSSR count). The van der Waals surface area contributed by atoms with E-state index in [0.717, 1.165) is 12.1 Å². The summed E-state index contributed by atoms with van der Waals surface area (Å²) in [6.45, 7) is 1.75. The molecule has 11 heteroatoms. The summed E-state index contributed by atoms with van der Waals surface area (Å²) in [4.78, 5) is 26.0. The van der Waals surface area contributed by atoms with Gasteiger partial charge >= 0.3 is 6.18 Å². The fourth-order valence-electron chi connectivity index (χ4n) is 3.11. The summed E-state index contributed by atoms with van der Waals surface area (Å²) in [7, 11) is 0. The molecule has 2 aromatic rings. The number of anilines is 1. The molecule has 0 bridgehead atoms. The lowest BCUT2D eigenvalue weighted by Crippen LogP contribution is -2.49. The van der Waals surface area contributed by atoms with Crippen LogP contribution >= 0.6 is 0 Å². The standard InChI is InChI=1S/C17H18F3N5O3/c18-17(19,20)13-2-3-14(15(12-13)25(27)28)22-8-10-23(11-9-22)16(26)4-7-24-6-1-5-21-24/h1-3,5-6,12H,4,7-11H2. The Morgan fingerprint density at radius 2 is 1.93 bits per heavy atom. The maximum Gasteiger partial charge on any atom is 0.416 e. The number of piperazine rings is 1. The number of alkyl halides is 3. The Balaban J connectivity index is 1.64. The summed E-state index contributed by atoms with van der Waals surface area (Å²) in [5, 5.41) is 15.3. The van der Waals surface area contributed by atoms with Crippen molar-refractivity contribution >= 4 is 17.3 Å². The van der Waals surface area contributed by atoms with Crippen LogP contribution in [0.3, 0.4) is 0 Å². The van der Waals surface area contributed by atoms with Crippen molar-refractivity contribution in [1.82, 2.24) is 14.7 Å². The van der Waals surface area contributed by atoms with Gasteiger partial charge in [-0.15, -0.1) is 0 Å². The van der Waals surface area contributed by atoms with Gasteiger partial charge in [-0.3, -0.25) is 19.6 Å². The normalized spacial score (nSPS) is 15.0. The van der Waals surface area contributed by atoms with E-state index in [0.29, 0.717) is 38.8 Å². The summed E-state index contributed by atoms with van der Waals surface area (Å²) in [6.07, 6.45) is -0.986.